The van der Waals surface area contributed by atoms with Gasteiger partial charge in [-0.2, -0.15) is 0 Å². The molecule has 4 aliphatic carbocycles. The molecule has 0 unspecified atom stereocenters. The molecule has 0 aromatic heterocycles. The highest BCUT2D eigenvalue weighted by molar-refractivity contribution is 5.77. The summed E-state index contributed by atoms with van der Waals surface area (Å²) in [6.45, 7) is 8.69. The van der Waals surface area contributed by atoms with Gasteiger partial charge >= 0.3 is 5.97 Å². The van der Waals surface area contributed by atoms with Crippen molar-refractivity contribution < 1.29 is 14.6 Å². The van der Waals surface area contributed by atoms with Crippen molar-refractivity contribution in [2.24, 2.45) is 28.1 Å². The van der Waals surface area contributed by atoms with Gasteiger partial charge in [0.05, 0.1) is 18.1 Å². The monoisotopic (exact) mass is 332 g/mol. The van der Waals surface area contributed by atoms with Crippen LogP contribution in [0.4, 0.5) is 0 Å². The maximum atomic E-state index is 12.6. The summed E-state index contributed by atoms with van der Waals surface area (Å²) in [4.78, 5) is 12.6. The molecular formula is C21H32O3. The minimum absolute atomic E-state index is 0.00657. The lowest BCUT2D eigenvalue weighted by atomic mass is 9.39. The van der Waals surface area contributed by atoms with Crippen molar-refractivity contribution in [1.29, 1.82) is 0 Å². The van der Waals surface area contributed by atoms with E-state index in [1.807, 2.05) is 0 Å². The second-order valence-electron chi connectivity index (χ2n) is 9.69. The van der Waals surface area contributed by atoms with E-state index in [9.17, 15) is 9.90 Å². The normalized spacial score (nSPS) is 53.2. The molecule has 1 spiro atoms. The Kier molecular flexibility index (Phi) is 3.37. The van der Waals surface area contributed by atoms with Crippen LogP contribution in [-0.4, -0.2) is 23.8 Å². The third-order valence-electron chi connectivity index (χ3n) is 8.95. The molecule has 0 aromatic rings. The topological polar surface area (TPSA) is 46.5 Å². The summed E-state index contributed by atoms with van der Waals surface area (Å²) in [5, 5.41) is 12.1. The van der Waals surface area contributed by atoms with Crippen LogP contribution in [-0.2, 0) is 9.53 Å². The Hall–Kier alpha value is -0.830. The Bertz CT molecular complexity index is 598. The number of aliphatic hydroxyl groups is 1. The molecule has 4 aliphatic rings. The van der Waals surface area contributed by atoms with Gasteiger partial charge in [-0.1, -0.05) is 25.5 Å². The Morgan fingerprint density at radius 1 is 1.21 bits per heavy atom. The number of methoxy groups -OCH3 is 1. The number of ether oxygens (including phenoxy) is 1. The first kappa shape index (κ1) is 16.6. The highest BCUT2D eigenvalue weighted by Gasteiger charge is 2.72. The highest BCUT2D eigenvalue weighted by atomic mass is 16.5. The van der Waals surface area contributed by atoms with Gasteiger partial charge in [0.15, 0.2) is 0 Å². The van der Waals surface area contributed by atoms with E-state index in [2.05, 4.69) is 20.4 Å². The van der Waals surface area contributed by atoms with Gasteiger partial charge in [0, 0.05) is 10.8 Å². The zero-order valence-electron chi connectivity index (χ0n) is 15.5. The molecular weight excluding hydrogens is 300 g/mol. The van der Waals surface area contributed by atoms with Gasteiger partial charge in [-0.15, -0.1) is 0 Å². The summed E-state index contributed by atoms with van der Waals surface area (Å²) in [5.41, 5.74) is 0.0638. The van der Waals surface area contributed by atoms with Crippen LogP contribution in [0.1, 0.15) is 71.6 Å². The molecule has 0 aliphatic heterocycles. The second-order valence-corrected chi connectivity index (χ2v) is 9.69. The summed E-state index contributed by atoms with van der Waals surface area (Å²) < 4.78 is 5.20. The number of hydrogen-bond donors (Lipinski definition) is 1. The van der Waals surface area contributed by atoms with E-state index < -0.39 is 11.0 Å². The van der Waals surface area contributed by atoms with Crippen molar-refractivity contribution in [1.82, 2.24) is 0 Å². The number of carbonyl (C=O) groups is 1. The lowest BCUT2D eigenvalue weighted by molar-refractivity contribution is -0.262. The zero-order valence-corrected chi connectivity index (χ0v) is 15.5. The summed E-state index contributed by atoms with van der Waals surface area (Å²) in [6.07, 6.45) is 9.02. The summed E-state index contributed by atoms with van der Waals surface area (Å²) >= 11 is 0. The van der Waals surface area contributed by atoms with Gasteiger partial charge in [-0.05, 0) is 70.1 Å². The van der Waals surface area contributed by atoms with E-state index in [4.69, 9.17) is 4.74 Å². The standard InChI is InChI=1S/C21H32O3/c1-14-12-20-10-7-16-18(2,17(22)24-4)8-5-9-19(16,3)21(20,23)11-6-15(14)13-20/h15-16,23H,1,5-13H2,2-4H3/t15-,16-,18-,19-,20-,21-/m1/s1. The highest BCUT2D eigenvalue weighted by Crippen LogP contribution is 2.73. The van der Waals surface area contributed by atoms with Gasteiger partial charge in [-0.3, -0.25) is 4.79 Å². The van der Waals surface area contributed by atoms with E-state index >= 15 is 0 Å². The molecule has 0 amide bonds. The average molecular weight is 332 g/mol. The smallest absolute Gasteiger partial charge is 0.311 e. The molecule has 0 radical (unpaired) electrons. The van der Waals surface area contributed by atoms with Crippen molar-refractivity contribution in [2.45, 2.75) is 77.2 Å². The third-order valence-corrected chi connectivity index (χ3v) is 8.95. The molecule has 1 N–H and O–H groups in total. The lowest BCUT2D eigenvalue weighted by Crippen LogP contribution is -2.68. The van der Waals surface area contributed by atoms with Crippen molar-refractivity contribution in [2.75, 3.05) is 7.11 Å². The fourth-order valence-corrected chi connectivity index (χ4v) is 7.73. The van der Waals surface area contributed by atoms with E-state index in [0.29, 0.717) is 5.92 Å². The molecule has 2 bridgehead atoms. The molecule has 4 fully saturated rings. The van der Waals surface area contributed by atoms with Gasteiger partial charge in [0.2, 0.25) is 0 Å². The van der Waals surface area contributed by atoms with Gasteiger partial charge < -0.3 is 9.84 Å². The zero-order chi connectivity index (χ0) is 17.4. The fraction of sp³-hybridized carbons (Fsp3) is 0.857. The molecule has 3 nitrogen and oxygen atoms in total. The van der Waals surface area contributed by atoms with Gasteiger partial charge in [-0.25, -0.2) is 0 Å². The van der Waals surface area contributed by atoms with Gasteiger partial charge in [0.1, 0.15) is 0 Å². The minimum Gasteiger partial charge on any atom is -0.469 e. The first-order valence-electron chi connectivity index (χ1n) is 9.71. The summed E-state index contributed by atoms with van der Waals surface area (Å²) in [6, 6.07) is 0. The fourth-order valence-electron chi connectivity index (χ4n) is 7.73. The Labute approximate surface area is 145 Å². The largest absolute Gasteiger partial charge is 0.469 e. The van der Waals surface area contributed by atoms with Crippen molar-refractivity contribution in [3.05, 3.63) is 12.2 Å². The van der Waals surface area contributed by atoms with E-state index in [0.717, 1.165) is 57.8 Å². The van der Waals surface area contributed by atoms with Crippen LogP contribution >= 0.6 is 0 Å². The molecule has 3 heteroatoms. The van der Waals surface area contributed by atoms with Crippen LogP contribution in [0.5, 0.6) is 0 Å². The molecule has 4 rings (SSSR count). The Morgan fingerprint density at radius 2 is 1.96 bits per heavy atom. The van der Waals surface area contributed by atoms with Gasteiger partial charge in [0.25, 0.3) is 0 Å². The van der Waals surface area contributed by atoms with Crippen LogP contribution in [0.3, 0.4) is 0 Å². The van der Waals surface area contributed by atoms with Crippen LogP contribution in [0.25, 0.3) is 0 Å². The van der Waals surface area contributed by atoms with Crippen LogP contribution in [0.2, 0.25) is 0 Å². The maximum absolute atomic E-state index is 12.6. The molecule has 0 saturated heterocycles. The van der Waals surface area contributed by atoms with E-state index in [-0.39, 0.29) is 22.7 Å². The first-order chi connectivity index (χ1) is 11.2. The number of rotatable bonds is 1. The van der Waals surface area contributed by atoms with E-state index in [1.54, 1.807) is 0 Å². The SMILES string of the molecule is C=C1C[C@@]23CC[C@@H]4[C@](C)(C(=O)OC)CCC[C@@]4(C)[C@]2(O)CC[C@@H]1C3. The van der Waals surface area contributed by atoms with E-state index in [1.165, 1.54) is 12.7 Å². The van der Waals surface area contributed by atoms with Crippen molar-refractivity contribution >= 4 is 5.97 Å². The molecule has 6 atom stereocenters. The van der Waals surface area contributed by atoms with Crippen LogP contribution in [0.15, 0.2) is 12.2 Å². The minimum atomic E-state index is -0.658. The van der Waals surface area contributed by atoms with Crippen molar-refractivity contribution in [3.63, 3.8) is 0 Å². The van der Waals surface area contributed by atoms with Crippen molar-refractivity contribution in [3.8, 4) is 0 Å². The number of carbonyl (C=O) groups excluding carboxylic acids is 1. The third kappa shape index (κ3) is 1.70. The molecule has 0 aromatic carbocycles. The van der Waals surface area contributed by atoms with Crippen LogP contribution in [0, 0.1) is 28.1 Å². The Morgan fingerprint density at radius 3 is 2.67 bits per heavy atom. The molecule has 134 valence electrons. The number of fused-ring (bicyclic) bond motifs is 3. The molecule has 0 heterocycles. The summed E-state index contributed by atoms with van der Waals surface area (Å²) in [5.74, 6) is 0.746. The number of esters is 1. The maximum Gasteiger partial charge on any atom is 0.311 e. The predicted octanol–water partition coefficient (Wildman–Crippen LogP) is 4.24. The number of allylic oxidation sites excluding steroid dienone is 1. The predicted molar refractivity (Wildman–Crippen MR) is 93.3 cm³/mol. The average Bonchev–Trinajstić information content (AvgIpc) is 2.82. The number of hydrogen-bond acceptors (Lipinski definition) is 3. The summed E-state index contributed by atoms with van der Waals surface area (Å²) in [7, 11) is 1.50. The lowest BCUT2D eigenvalue weighted by Gasteiger charge is -2.67. The second kappa shape index (κ2) is 4.87. The molecule has 4 saturated carbocycles. The van der Waals surface area contributed by atoms with Crippen LogP contribution < -0.4 is 0 Å². The molecule has 24 heavy (non-hydrogen) atoms. The Balaban J connectivity index is 1.80. The first-order valence-corrected chi connectivity index (χ1v) is 9.71. The quantitative estimate of drug-likeness (QED) is 0.577.